The molecule has 3 unspecified atom stereocenters. The van der Waals surface area contributed by atoms with Crippen molar-refractivity contribution in [3.63, 3.8) is 0 Å². The summed E-state index contributed by atoms with van der Waals surface area (Å²) in [4.78, 5) is 29.3. The molecule has 1 aromatic carbocycles. The van der Waals surface area contributed by atoms with Gasteiger partial charge in [-0.15, -0.1) is 0 Å². The topological polar surface area (TPSA) is 100 Å². The molecular weight excluding hydrogens is 334 g/mol. The van der Waals surface area contributed by atoms with Gasteiger partial charge in [0.1, 0.15) is 12.7 Å². The third-order valence-corrected chi connectivity index (χ3v) is 4.71. The number of urea groups is 1. The number of likely N-dealkylation sites (tertiary alicyclic amines) is 1. The van der Waals surface area contributed by atoms with E-state index >= 15 is 0 Å². The molecule has 8 heteroatoms. The zero-order valence-corrected chi connectivity index (χ0v) is 14.9. The number of piperidine rings is 1. The van der Waals surface area contributed by atoms with Gasteiger partial charge in [-0.25, -0.2) is 14.5 Å². The number of hydrogen-bond acceptors (Lipinski definition) is 4. The van der Waals surface area contributed by atoms with Crippen LogP contribution in [0.1, 0.15) is 31.9 Å². The molecule has 1 fully saturated rings. The Hall–Kier alpha value is -2.90. The Kier molecular flexibility index (Phi) is 5.20. The van der Waals surface area contributed by atoms with E-state index in [4.69, 9.17) is 0 Å². The SMILES string of the molecule is CC1CC(C(=O)O)CN(C(=O)NC(C)c2ccc(-n3cncn3)cc2)C1. The van der Waals surface area contributed by atoms with Crippen molar-refractivity contribution < 1.29 is 14.7 Å². The van der Waals surface area contributed by atoms with E-state index in [1.165, 1.54) is 6.33 Å². The highest BCUT2D eigenvalue weighted by molar-refractivity contribution is 5.77. The molecule has 0 aliphatic carbocycles. The van der Waals surface area contributed by atoms with Crippen LogP contribution in [0.2, 0.25) is 0 Å². The third kappa shape index (κ3) is 4.01. The molecule has 1 aliphatic rings. The number of aliphatic carboxylic acids is 1. The maximum atomic E-state index is 12.5. The van der Waals surface area contributed by atoms with Gasteiger partial charge in [0, 0.05) is 13.1 Å². The van der Waals surface area contributed by atoms with Crippen molar-refractivity contribution in [2.75, 3.05) is 13.1 Å². The molecule has 8 nitrogen and oxygen atoms in total. The molecule has 3 atom stereocenters. The van der Waals surface area contributed by atoms with Gasteiger partial charge in [-0.3, -0.25) is 4.79 Å². The molecule has 26 heavy (non-hydrogen) atoms. The van der Waals surface area contributed by atoms with Crippen LogP contribution in [0.4, 0.5) is 4.79 Å². The van der Waals surface area contributed by atoms with E-state index in [-0.39, 0.29) is 24.5 Å². The molecule has 1 aromatic heterocycles. The van der Waals surface area contributed by atoms with Crippen molar-refractivity contribution in [1.82, 2.24) is 25.0 Å². The summed E-state index contributed by atoms with van der Waals surface area (Å²) < 4.78 is 1.66. The van der Waals surface area contributed by atoms with Gasteiger partial charge < -0.3 is 15.3 Å². The first kappa shape index (κ1) is 17.9. The summed E-state index contributed by atoms with van der Waals surface area (Å²) in [5.74, 6) is -1.17. The van der Waals surface area contributed by atoms with Crippen LogP contribution < -0.4 is 5.32 Å². The number of carboxylic acids is 1. The first-order chi connectivity index (χ1) is 12.4. The normalized spacial score (nSPS) is 21.2. The molecule has 2 heterocycles. The summed E-state index contributed by atoms with van der Waals surface area (Å²) in [6.07, 6.45) is 3.70. The summed E-state index contributed by atoms with van der Waals surface area (Å²) in [5, 5.41) is 16.3. The quantitative estimate of drug-likeness (QED) is 0.872. The highest BCUT2D eigenvalue weighted by Gasteiger charge is 2.32. The second-order valence-corrected chi connectivity index (χ2v) is 6.88. The minimum atomic E-state index is -0.842. The molecule has 2 aromatic rings. The van der Waals surface area contributed by atoms with Crippen LogP contribution >= 0.6 is 0 Å². The van der Waals surface area contributed by atoms with Gasteiger partial charge >= 0.3 is 12.0 Å². The lowest BCUT2D eigenvalue weighted by atomic mass is 9.91. The summed E-state index contributed by atoms with van der Waals surface area (Å²) in [6.45, 7) is 4.71. The summed E-state index contributed by atoms with van der Waals surface area (Å²) in [7, 11) is 0. The second kappa shape index (κ2) is 7.55. The van der Waals surface area contributed by atoms with Gasteiger partial charge in [0.2, 0.25) is 0 Å². The van der Waals surface area contributed by atoms with Crippen LogP contribution in [-0.2, 0) is 4.79 Å². The van der Waals surface area contributed by atoms with E-state index in [2.05, 4.69) is 15.4 Å². The fourth-order valence-electron chi connectivity index (χ4n) is 3.31. The fourth-order valence-corrected chi connectivity index (χ4v) is 3.31. The molecule has 2 amide bonds. The zero-order valence-electron chi connectivity index (χ0n) is 14.9. The van der Waals surface area contributed by atoms with Gasteiger partial charge in [-0.05, 0) is 37.0 Å². The predicted octanol–water partition coefficient (Wildman–Crippen LogP) is 2.08. The van der Waals surface area contributed by atoms with Crippen molar-refractivity contribution in [2.24, 2.45) is 11.8 Å². The lowest BCUT2D eigenvalue weighted by molar-refractivity contribution is -0.143. The Labute approximate surface area is 151 Å². The van der Waals surface area contributed by atoms with Gasteiger partial charge in [0.05, 0.1) is 17.6 Å². The van der Waals surface area contributed by atoms with Crippen LogP contribution in [0, 0.1) is 11.8 Å². The maximum Gasteiger partial charge on any atom is 0.317 e. The van der Waals surface area contributed by atoms with Crippen molar-refractivity contribution in [2.45, 2.75) is 26.3 Å². The molecule has 0 spiro atoms. The first-order valence-corrected chi connectivity index (χ1v) is 8.67. The Morgan fingerprint density at radius 2 is 2.00 bits per heavy atom. The monoisotopic (exact) mass is 357 g/mol. The van der Waals surface area contributed by atoms with Crippen LogP contribution in [0.15, 0.2) is 36.9 Å². The number of benzene rings is 1. The standard InChI is InChI=1S/C18H23N5O3/c1-12-7-15(17(24)25)9-22(8-12)18(26)21-13(2)14-3-5-16(6-4-14)23-11-19-10-20-23/h3-6,10-13,15H,7-9H2,1-2H3,(H,21,26)(H,24,25). The van der Waals surface area contributed by atoms with Crippen molar-refractivity contribution in [3.05, 3.63) is 42.5 Å². The molecular formula is C18H23N5O3. The average molecular weight is 357 g/mol. The molecule has 138 valence electrons. The minimum absolute atomic E-state index is 0.174. The molecule has 0 saturated carbocycles. The van der Waals surface area contributed by atoms with Gasteiger partial charge in [0.25, 0.3) is 0 Å². The van der Waals surface area contributed by atoms with E-state index in [9.17, 15) is 14.7 Å². The number of carbonyl (C=O) groups is 2. The average Bonchev–Trinajstić information content (AvgIpc) is 3.16. The maximum absolute atomic E-state index is 12.5. The Bertz CT molecular complexity index is 760. The van der Waals surface area contributed by atoms with Gasteiger partial charge in [0.15, 0.2) is 0 Å². The largest absolute Gasteiger partial charge is 0.481 e. The first-order valence-electron chi connectivity index (χ1n) is 8.67. The number of nitrogens with one attached hydrogen (secondary N) is 1. The fraction of sp³-hybridized carbons (Fsp3) is 0.444. The van der Waals surface area contributed by atoms with E-state index in [1.807, 2.05) is 38.1 Å². The molecule has 2 N–H and O–H groups in total. The zero-order chi connectivity index (χ0) is 18.7. The van der Waals surface area contributed by atoms with E-state index in [0.29, 0.717) is 13.0 Å². The van der Waals surface area contributed by atoms with Crippen LogP contribution in [0.25, 0.3) is 5.69 Å². The smallest absolute Gasteiger partial charge is 0.317 e. The predicted molar refractivity (Wildman–Crippen MR) is 94.8 cm³/mol. The number of amides is 2. The highest BCUT2D eigenvalue weighted by atomic mass is 16.4. The van der Waals surface area contributed by atoms with Gasteiger partial charge in [-0.2, -0.15) is 5.10 Å². The van der Waals surface area contributed by atoms with E-state index < -0.39 is 11.9 Å². The van der Waals surface area contributed by atoms with Gasteiger partial charge in [-0.1, -0.05) is 19.1 Å². The molecule has 0 radical (unpaired) electrons. The minimum Gasteiger partial charge on any atom is -0.481 e. The number of aromatic nitrogens is 3. The van der Waals surface area contributed by atoms with Crippen molar-refractivity contribution in [1.29, 1.82) is 0 Å². The number of hydrogen-bond donors (Lipinski definition) is 2. The summed E-state index contributed by atoms with van der Waals surface area (Å²) in [6, 6.07) is 7.27. The van der Waals surface area contributed by atoms with Crippen molar-refractivity contribution in [3.8, 4) is 5.69 Å². The van der Waals surface area contributed by atoms with E-state index in [1.54, 1.807) is 15.9 Å². The Morgan fingerprint density at radius 1 is 1.27 bits per heavy atom. The lowest BCUT2D eigenvalue weighted by Gasteiger charge is -2.35. The molecule has 3 rings (SSSR count). The van der Waals surface area contributed by atoms with Crippen molar-refractivity contribution >= 4 is 12.0 Å². The Morgan fingerprint density at radius 3 is 2.62 bits per heavy atom. The summed E-state index contributed by atoms with van der Waals surface area (Å²) >= 11 is 0. The van der Waals surface area contributed by atoms with Crippen LogP contribution in [-0.4, -0.2) is 49.9 Å². The number of rotatable bonds is 4. The molecule has 1 aliphatic heterocycles. The number of carbonyl (C=O) groups excluding carboxylic acids is 1. The summed E-state index contributed by atoms with van der Waals surface area (Å²) in [5.41, 5.74) is 1.85. The van der Waals surface area contributed by atoms with E-state index in [0.717, 1.165) is 11.3 Å². The lowest BCUT2D eigenvalue weighted by Crippen LogP contribution is -2.49. The third-order valence-electron chi connectivity index (χ3n) is 4.71. The van der Waals surface area contributed by atoms with Crippen LogP contribution in [0.5, 0.6) is 0 Å². The van der Waals surface area contributed by atoms with Crippen LogP contribution in [0.3, 0.4) is 0 Å². The second-order valence-electron chi connectivity index (χ2n) is 6.88. The Balaban J connectivity index is 1.62. The number of carboxylic acid groups (broad SMARTS) is 1. The highest BCUT2D eigenvalue weighted by Crippen LogP contribution is 2.23. The molecule has 1 saturated heterocycles. The number of nitrogens with zero attached hydrogens (tertiary/aromatic N) is 4. The molecule has 0 bridgehead atoms.